The molecule has 0 unspecified atom stereocenters. The zero-order valence-electron chi connectivity index (χ0n) is 17.6. The average molecular weight is 484 g/mol. The molecule has 32 heavy (non-hydrogen) atoms. The number of amides is 1. The maximum absolute atomic E-state index is 12.7. The summed E-state index contributed by atoms with van der Waals surface area (Å²) >= 11 is 6.02. The van der Waals surface area contributed by atoms with Crippen LogP contribution in [-0.4, -0.2) is 49.2 Å². The Balaban J connectivity index is 2.12. The van der Waals surface area contributed by atoms with Crippen molar-refractivity contribution in [2.24, 2.45) is 0 Å². The van der Waals surface area contributed by atoms with Gasteiger partial charge < -0.3 is 10.1 Å². The van der Waals surface area contributed by atoms with Gasteiger partial charge in [-0.25, -0.2) is 13.2 Å². The first kappa shape index (κ1) is 25.2. The predicted octanol–water partition coefficient (Wildman–Crippen LogP) is 3.38. The van der Waals surface area contributed by atoms with E-state index in [0.29, 0.717) is 5.56 Å². The first-order valence-electron chi connectivity index (χ1n) is 9.53. The van der Waals surface area contributed by atoms with Crippen LogP contribution in [-0.2, 0) is 19.6 Å². The largest absolute Gasteiger partial charge is 0.452 e. The van der Waals surface area contributed by atoms with Gasteiger partial charge in [0.15, 0.2) is 6.61 Å². The van der Waals surface area contributed by atoms with Crippen LogP contribution in [0.25, 0.3) is 0 Å². The van der Waals surface area contributed by atoms with Crippen LogP contribution in [0.4, 0.5) is 11.4 Å². The third-order valence-electron chi connectivity index (χ3n) is 4.52. The number of nitro groups is 1. The number of benzene rings is 2. The van der Waals surface area contributed by atoms with Crippen molar-refractivity contribution >= 4 is 44.9 Å². The Bertz CT molecular complexity index is 1150. The number of nitro benzene ring substituents is 1. The molecule has 0 aliphatic heterocycles. The maximum Gasteiger partial charge on any atom is 0.340 e. The molecule has 1 N–H and O–H groups in total. The number of nitrogens with zero attached hydrogens (tertiary/aromatic N) is 2. The van der Waals surface area contributed by atoms with Crippen LogP contribution in [0.2, 0.25) is 5.02 Å². The lowest BCUT2D eigenvalue weighted by Crippen LogP contribution is -2.30. The molecule has 0 aliphatic carbocycles. The van der Waals surface area contributed by atoms with E-state index in [1.54, 1.807) is 20.8 Å². The first-order chi connectivity index (χ1) is 15.0. The number of sulfonamides is 1. The summed E-state index contributed by atoms with van der Waals surface area (Å²) in [5.41, 5.74) is 0.207. The molecule has 1 amide bonds. The summed E-state index contributed by atoms with van der Waals surface area (Å²) in [4.78, 5) is 34.8. The van der Waals surface area contributed by atoms with Gasteiger partial charge in [0.2, 0.25) is 10.0 Å². The Hall–Kier alpha value is -3.02. The van der Waals surface area contributed by atoms with Gasteiger partial charge in [0.05, 0.1) is 20.4 Å². The third kappa shape index (κ3) is 5.81. The quantitative estimate of drug-likeness (QED) is 0.328. The van der Waals surface area contributed by atoms with Gasteiger partial charge >= 0.3 is 5.97 Å². The van der Waals surface area contributed by atoms with E-state index in [-0.39, 0.29) is 39.9 Å². The number of rotatable bonds is 9. The lowest BCUT2D eigenvalue weighted by molar-refractivity contribution is -0.385. The van der Waals surface area contributed by atoms with Crippen LogP contribution in [0.5, 0.6) is 0 Å². The molecule has 2 aromatic carbocycles. The summed E-state index contributed by atoms with van der Waals surface area (Å²) in [6.07, 6.45) is 0. The second-order valence-corrected chi connectivity index (χ2v) is 8.96. The lowest BCUT2D eigenvalue weighted by atomic mass is 10.2. The number of hydrogen-bond acceptors (Lipinski definition) is 7. The Labute approximate surface area is 190 Å². The number of nitrogens with one attached hydrogen (secondary N) is 1. The van der Waals surface area contributed by atoms with Crippen molar-refractivity contribution in [1.82, 2.24) is 4.31 Å². The van der Waals surface area contributed by atoms with Crippen LogP contribution in [0, 0.1) is 17.0 Å². The molecule has 0 aromatic heterocycles. The molecule has 0 fully saturated rings. The molecule has 0 radical (unpaired) electrons. The van der Waals surface area contributed by atoms with Crippen LogP contribution in [0.3, 0.4) is 0 Å². The van der Waals surface area contributed by atoms with E-state index in [4.69, 9.17) is 16.3 Å². The van der Waals surface area contributed by atoms with E-state index in [1.165, 1.54) is 34.6 Å². The summed E-state index contributed by atoms with van der Waals surface area (Å²) in [5.74, 6) is -1.73. The number of carbonyl (C=O) groups excluding carboxylic acids is 2. The molecule has 0 saturated carbocycles. The van der Waals surface area contributed by atoms with Crippen LogP contribution in [0.1, 0.15) is 29.8 Å². The minimum atomic E-state index is -3.83. The minimum absolute atomic E-state index is 0.0388. The van der Waals surface area contributed by atoms with Crippen molar-refractivity contribution < 1.29 is 27.7 Å². The van der Waals surface area contributed by atoms with Crippen LogP contribution >= 0.6 is 11.6 Å². The summed E-state index contributed by atoms with van der Waals surface area (Å²) in [5, 5.41) is 13.4. The van der Waals surface area contributed by atoms with Crippen molar-refractivity contribution in [2.75, 3.05) is 25.0 Å². The molecule has 12 heteroatoms. The number of esters is 1. The molecule has 0 heterocycles. The Morgan fingerprint density at radius 2 is 1.81 bits per heavy atom. The molecule has 172 valence electrons. The molecule has 2 aromatic rings. The maximum atomic E-state index is 12.7. The molecule has 0 bridgehead atoms. The van der Waals surface area contributed by atoms with E-state index in [2.05, 4.69) is 5.32 Å². The molecule has 2 rings (SSSR count). The van der Waals surface area contributed by atoms with Crippen LogP contribution in [0.15, 0.2) is 41.3 Å². The highest BCUT2D eigenvalue weighted by atomic mass is 35.5. The van der Waals surface area contributed by atoms with E-state index >= 15 is 0 Å². The highest BCUT2D eigenvalue weighted by Crippen LogP contribution is 2.24. The summed E-state index contributed by atoms with van der Waals surface area (Å²) in [7, 11) is -3.83. The summed E-state index contributed by atoms with van der Waals surface area (Å²) in [6.45, 7) is 4.73. The first-order valence-corrected chi connectivity index (χ1v) is 11.3. The highest BCUT2D eigenvalue weighted by Gasteiger charge is 2.24. The predicted molar refractivity (Wildman–Crippen MR) is 118 cm³/mol. The van der Waals surface area contributed by atoms with Crippen molar-refractivity contribution in [2.45, 2.75) is 25.7 Å². The minimum Gasteiger partial charge on any atom is -0.452 e. The number of carbonyl (C=O) groups is 2. The van der Waals surface area contributed by atoms with Gasteiger partial charge in [0, 0.05) is 30.4 Å². The fourth-order valence-electron chi connectivity index (χ4n) is 2.82. The Kier molecular flexibility index (Phi) is 8.31. The molecule has 0 aliphatic rings. The van der Waals surface area contributed by atoms with Crippen LogP contribution < -0.4 is 5.32 Å². The van der Waals surface area contributed by atoms with Gasteiger partial charge in [-0.1, -0.05) is 31.5 Å². The fourth-order valence-corrected chi connectivity index (χ4v) is 4.50. The van der Waals surface area contributed by atoms with E-state index in [0.717, 1.165) is 6.07 Å². The lowest BCUT2D eigenvalue weighted by Gasteiger charge is -2.19. The van der Waals surface area contributed by atoms with Gasteiger partial charge in [0.1, 0.15) is 0 Å². The SMILES string of the molecule is CCN(CC)S(=O)(=O)c1ccc(Cl)c(C(=O)OCC(=O)Nc2ccc(C)c([N+](=O)[O-])c2)c1. The van der Waals surface area contributed by atoms with E-state index in [1.807, 2.05) is 0 Å². The Morgan fingerprint density at radius 1 is 1.16 bits per heavy atom. The van der Waals surface area contributed by atoms with Gasteiger partial charge in [-0.15, -0.1) is 0 Å². The number of halogens is 1. The molecule has 10 nitrogen and oxygen atoms in total. The zero-order chi connectivity index (χ0) is 24.1. The number of anilines is 1. The van der Waals surface area contributed by atoms with Crippen molar-refractivity contribution in [3.8, 4) is 0 Å². The summed E-state index contributed by atoms with van der Waals surface area (Å²) in [6, 6.07) is 7.78. The zero-order valence-corrected chi connectivity index (χ0v) is 19.2. The number of aryl methyl sites for hydroxylation is 1. The standard InChI is InChI=1S/C20H22ClN3O7S/c1-4-23(5-2)32(29,30)15-8-9-17(21)16(11-15)20(26)31-12-19(25)22-14-7-6-13(3)18(10-14)24(27)28/h6-11H,4-5,12H2,1-3H3,(H,22,25). The fraction of sp³-hybridized carbons (Fsp3) is 0.300. The molecular formula is C20H22ClN3O7S. The van der Waals surface area contributed by atoms with Crippen molar-refractivity contribution in [1.29, 1.82) is 0 Å². The smallest absolute Gasteiger partial charge is 0.340 e. The molecule has 0 saturated heterocycles. The average Bonchev–Trinajstić information content (AvgIpc) is 2.74. The molecular weight excluding hydrogens is 462 g/mol. The van der Waals surface area contributed by atoms with Gasteiger partial charge in [-0.3, -0.25) is 14.9 Å². The summed E-state index contributed by atoms with van der Waals surface area (Å²) < 4.78 is 31.5. The second-order valence-electron chi connectivity index (χ2n) is 6.61. The molecule has 0 atom stereocenters. The van der Waals surface area contributed by atoms with Gasteiger partial charge in [-0.2, -0.15) is 4.31 Å². The van der Waals surface area contributed by atoms with Gasteiger partial charge in [-0.05, 0) is 31.2 Å². The second kappa shape index (κ2) is 10.5. The monoisotopic (exact) mass is 483 g/mol. The molecule has 0 spiro atoms. The van der Waals surface area contributed by atoms with Gasteiger partial charge in [0.25, 0.3) is 11.6 Å². The number of ether oxygens (including phenoxy) is 1. The normalized spacial score (nSPS) is 11.3. The van der Waals surface area contributed by atoms with E-state index in [9.17, 15) is 28.1 Å². The highest BCUT2D eigenvalue weighted by molar-refractivity contribution is 7.89. The van der Waals surface area contributed by atoms with E-state index < -0.39 is 33.4 Å². The van der Waals surface area contributed by atoms with Crippen molar-refractivity contribution in [3.05, 3.63) is 62.7 Å². The number of hydrogen-bond donors (Lipinski definition) is 1. The topological polar surface area (TPSA) is 136 Å². The van der Waals surface area contributed by atoms with Crippen molar-refractivity contribution in [3.63, 3.8) is 0 Å². The Morgan fingerprint density at radius 3 is 2.41 bits per heavy atom. The third-order valence-corrected chi connectivity index (χ3v) is 6.90.